The zero-order valence-corrected chi connectivity index (χ0v) is 14.1. The molecule has 24 heavy (non-hydrogen) atoms. The Kier molecular flexibility index (Phi) is 5.34. The molecule has 2 amide bonds. The number of amides is 2. The van der Waals surface area contributed by atoms with Gasteiger partial charge in [0.25, 0.3) is 0 Å². The minimum absolute atomic E-state index is 0.0716. The predicted octanol–water partition coefficient (Wildman–Crippen LogP) is 2.05. The van der Waals surface area contributed by atoms with Crippen LogP contribution in [0.2, 0.25) is 0 Å². The van der Waals surface area contributed by atoms with Gasteiger partial charge in [0.05, 0.1) is 24.8 Å². The summed E-state index contributed by atoms with van der Waals surface area (Å²) in [7, 11) is 0. The minimum atomic E-state index is -0.0716. The van der Waals surface area contributed by atoms with Crippen LogP contribution < -0.4 is 5.32 Å². The van der Waals surface area contributed by atoms with E-state index in [4.69, 9.17) is 10.00 Å². The molecule has 0 aromatic heterocycles. The van der Waals surface area contributed by atoms with Crippen LogP contribution in [0.1, 0.15) is 17.5 Å². The highest BCUT2D eigenvalue weighted by molar-refractivity contribution is 5.90. The lowest BCUT2D eigenvalue weighted by atomic mass is 10.1. The molecule has 0 spiro atoms. The monoisotopic (exact) mass is 328 g/mol. The number of carbonyl (C=O) groups is 1. The molecule has 1 atom stereocenters. The van der Waals surface area contributed by atoms with Crippen molar-refractivity contribution in [2.75, 3.05) is 51.3 Å². The molecule has 1 N–H and O–H groups in total. The molecule has 1 aromatic rings. The first-order valence-corrected chi connectivity index (χ1v) is 8.53. The predicted molar refractivity (Wildman–Crippen MR) is 91.9 cm³/mol. The van der Waals surface area contributed by atoms with Crippen molar-refractivity contribution < 1.29 is 9.53 Å². The Bertz CT molecular complexity index is 634. The molecule has 0 aliphatic carbocycles. The van der Waals surface area contributed by atoms with Crippen LogP contribution >= 0.6 is 0 Å². The zero-order chi connectivity index (χ0) is 16.9. The first-order valence-electron chi connectivity index (χ1n) is 8.53. The largest absolute Gasteiger partial charge is 0.379 e. The number of nitriles is 1. The van der Waals surface area contributed by atoms with Gasteiger partial charge < -0.3 is 15.0 Å². The highest BCUT2D eigenvalue weighted by Gasteiger charge is 2.28. The van der Waals surface area contributed by atoms with Gasteiger partial charge in [-0.2, -0.15) is 5.26 Å². The van der Waals surface area contributed by atoms with E-state index in [2.05, 4.69) is 16.3 Å². The summed E-state index contributed by atoms with van der Waals surface area (Å²) in [5.41, 5.74) is 2.13. The smallest absolute Gasteiger partial charge is 0.321 e. The maximum absolute atomic E-state index is 12.5. The van der Waals surface area contributed by atoms with Gasteiger partial charge in [-0.25, -0.2) is 4.79 Å². The summed E-state index contributed by atoms with van der Waals surface area (Å²) in [6, 6.07) is 7.48. The van der Waals surface area contributed by atoms with E-state index in [0.29, 0.717) is 11.5 Å². The number of rotatable bonds is 3. The van der Waals surface area contributed by atoms with Gasteiger partial charge in [-0.3, -0.25) is 4.90 Å². The van der Waals surface area contributed by atoms with Crippen molar-refractivity contribution in [2.24, 2.45) is 5.92 Å². The molecule has 1 aromatic carbocycles. The molecule has 2 aliphatic rings. The fraction of sp³-hybridized carbons (Fsp3) is 0.556. The van der Waals surface area contributed by atoms with Crippen molar-refractivity contribution in [3.63, 3.8) is 0 Å². The first kappa shape index (κ1) is 16.7. The van der Waals surface area contributed by atoms with Crippen molar-refractivity contribution in [2.45, 2.75) is 13.3 Å². The average Bonchev–Trinajstić information content (AvgIpc) is 3.06. The van der Waals surface area contributed by atoms with Gasteiger partial charge in [-0.15, -0.1) is 0 Å². The van der Waals surface area contributed by atoms with E-state index in [1.807, 2.05) is 17.9 Å². The maximum Gasteiger partial charge on any atom is 0.321 e. The van der Waals surface area contributed by atoms with E-state index in [0.717, 1.165) is 63.6 Å². The molecule has 2 heterocycles. The van der Waals surface area contributed by atoms with E-state index in [1.165, 1.54) is 0 Å². The highest BCUT2D eigenvalue weighted by atomic mass is 16.5. The van der Waals surface area contributed by atoms with Crippen LogP contribution in [-0.4, -0.2) is 61.8 Å². The summed E-state index contributed by atoms with van der Waals surface area (Å²) in [6.07, 6.45) is 1.04. The summed E-state index contributed by atoms with van der Waals surface area (Å²) >= 11 is 0. The molecular weight excluding hydrogens is 304 g/mol. The SMILES string of the molecule is Cc1c(C#N)cccc1NC(=O)N1CCC(CN2CCOCC2)C1. The second-order valence-corrected chi connectivity index (χ2v) is 6.53. The van der Waals surface area contributed by atoms with Crippen LogP contribution in [0.4, 0.5) is 10.5 Å². The van der Waals surface area contributed by atoms with Crippen LogP contribution in [0.3, 0.4) is 0 Å². The Morgan fingerprint density at radius 3 is 2.92 bits per heavy atom. The molecule has 6 nitrogen and oxygen atoms in total. The topological polar surface area (TPSA) is 68.6 Å². The van der Waals surface area contributed by atoms with Gasteiger partial charge in [-0.05, 0) is 37.0 Å². The number of benzene rings is 1. The molecule has 0 saturated carbocycles. The van der Waals surface area contributed by atoms with E-state index < -0.39 is 0 Å². The maximum atomic E-state index is 12.5. The number of carbonyl (C=O) groups excluding carboxylic acids is 1. The number of ether oxygens (including phenoxy) is 1. The quantitative estimate of drug-likeness (QED) is 0.922. The standard InChI is InChI=1S/C18H24N4O2/c1-14-16(11-19)3-2-4-17(14)20-18(23)22-6-5-15(13-22)12-21-7-9-24-10-8-21/h2-4,15H,5-10,12-13H2,1H3,(H,20,23). The third kappa shape index (κ3) is 3.86. The van der Waals surface area contributed by atoms with Crippen molar-refractivity contribution >= 4 is 11.7 Å². The van der Waals surface area contributed by atoms with Crippen LogP contribution in [0.25, 0.3) is 0 Å². The molecule has 128 valence electrons. The van der Waals surface area contributed by atoms with Gasteiger partial charge in [-0.1, -0.05) is 6.07 Å². The van der Waals surface area contributed by atoms with Crippen LogP contribution in [0.15, 0.2) is 18.2 Å². The molecule has 1 unspecified atom stereocenters. The summed E-state index contributed by atoms with van der Waals surface area (Å²) in [6.45, 7) is 8.08. The lowest BCUT2D eigenvalue weighted by Gasteiger charge is -2.29. The van der Waals surface area contributed by atoms with Crippen molar-refractivity contribution in [3.05, 3.63) is 29.3 Å². The zero-order valence-electron chi connectivity index (χ0n) is 14.1. The van der Waals surface area contributed by atoms with Gasteiger partial charge in [0.1, 0.15) is 0 Å². The molecular formula is C18H24N4O2. The van der Waals surface area contributed by atoms with E-state index in [9.17, 15) is 4.79 Å². The summed E-state index contributed by atoms with van der Waals surface area (Å²) in [5, 5.41) is 12.0. The second-order valence-electron chi connectivity index (χ2n) is 6.53. The molecule has 3 rings (SSSR count). The summed E-state index contributed by atoms with van der Waals surface area (Å²) in [4.78, 5) is 16.8. The van der Waals surface area contributed by atoms with E-state index >= 15 is 0 Å². The lowest BCUT2D eigenvalue weighted by molar-refractivity contribution is 0.0314. The number of urea groups is 1. The third-order valence-corrected chi connectivity index (χ3v) is 4.89. The fourth-order valence-electron chi connectivity index (χ4n) is 3.40. The Morgan fingerprint density at radius 2 is 2.17 bits per heavy atom. The first-order chi connectivity index (χ1) is 11.7. The average molecular weight is 328 g/mol. The Morgan fingerprint density at radius 1 is 1.38 bits per heavy atom. The van der Waals surface area contributed by atoms with E-state index in [1.54, 1.807) is 12.1 Å². The van der Waals surface area contributed by atoms with Gasteiger partial charge >= 0.3 is 6.03 Å². The molecule has 2 aliphatic heterocycles. The molecule has 0 bridgehead atoms. The Balaban J connectivity index is 1.54. The molecule has 2 fully saturated rings. The summed E-state index contributed by atoms with van der Waals surface area (Å²) < 4.78 is 5.38. The van der Waals surface area contributed by atoms with Gasteiger partial charge in [0.15, 0.2) is 0 Å². The normalized spacial score (nSPS) is 21.5. The van der Waals surface area contributed by atoms with Crippen molar-refractivity contribution in [1.82, 2.24) is 9.80 Å². The van der Waals surface area contributed by atoms with Crippen LogP contribution in [-0.2, 0) is 4.74 Å². The number of nitrogens with zero attached hydrogens (tertiary/aromatic N) is 3. The number of likely N-dealkylation sites (tertiary alicyclic amines) is 1. The lowest BCUT2D eigenvalue weighted by Crippen LogP contribution is -2.40. The number of anilines is 1. The number of hydrogen-bond donors (Lipinski definition) is 1. The highest BCUT2D eigenvalue weighted by Crippen LogP contribution is 2.22. The van der Waals surface area contributed by atoms with Gasteiger partial charge in [0.2, 0.25) is 0 Å². The molecule has 2 saturated heterocycles. The minimum Gasteiger partial charge on any atom is -0.379 e. The molecule has 6 heteroatoms. The van der Waals surface area contributed by atoms with E-state index in [-0.39, 0.29) is 6.03 Å². The van der Waals surface area contributed by atoms with Crippen LogP contribution in [0.5, 0.6) is 0 Å². The Hall–Kier alpha value is -2.10. The van der Waals surface area contributed by atoms with Crippen molar-refractivity contribution in [3.8, 4) is 6.07 Å². The Labute approximate surface area is 143 Å². The number of morpholine rings is 1. The third-order valence-electron chi connectivity index (χ3n) is 4.89. The van der Waals surface area contributed by atoms with Crippen molar-refractivity contribution in [1.29, 1.82) is 5.26 Å². The summed E-state index contributed by atoms with van der Waals surface area (Å²) in [5.74, 6) is 0.528. The fourth-order valence-corrected chi connectivity index (χ4v) is 3.40. The van der Waals surface area contributed by atoms with Crippen LogP contribution in [0, 0.1) is 24.2 Å². The molecule has 0 radical (unpaired) electrons. The van der Waals surface area contributed by atoms with Gasteiger partial charge in [0, 0.05) is 38.4 Å². The number of hydrogen-bond acceptors (Lipinski definition) is 4. The number of nitrogens with one attached hydrogen (secondary N) is 1. The second kappa shape index (κ2) is 7.65.